The first kappa shape index (κ1) is 7.58. The molecule has 1 amide bonds. The van der Waals surface area contributed by atoms with E-state index in [2.05, 4.69) is 0 Å². The molecule has 12 heavy (non-hydrogen) atoms. The van der Waals surface area contributed by atoms with Crippen molar-refractivity contribution in [3.63, 3.8) is 0 Å². The van der Waals surface area contributed by atoms with Crippen molar-refractivity contribution in [1.29, 1.82) is 0 Å². The molecule has 0 aromatic rings. The van der Waals surface area contributed by atoms with Crippen LogP contribution in [0.4, 0.5) is 0 Å². The lowest BCUT2D eigenvalue weighted by atomic mass is 10.2. The molecule has 2 saturated carbocycles. The summed E-state index contributed by atoms with van der Waals surface area (Å²) in [6.07, 6.45) is 3.87. The van der Waals surface area contributed by atoms with Crippen LogP contribution in [0.1, 0.15) is 25.7 Å². The molecule has 0 spiro atoms. The first-order valence-electron chi connectivity index (χ1n) is 4.18. The number of amides is 1. The van der Waals surface area contributed by atoms with Crippen LogP contribution >= 0.6 is 0 Å². The lowest BCUT2D eigenvalue weighted by Gasteiger charge is -2.23. The second-order valence-corrected chi connectivity index (χ2v) is 3.58. The fraction of sp³-hybridized carbons (Fsp3) is 0.750. The molecule has 0 saturated heterocycles. The van der Waals surface area contributed by atoms with E-state index in [1.165, 1.54) is 4.90 Å². The third-order valence-corrected chi connectivity index (χ3v) is 2.67. The first-order chi connectivity index (χ1) is 5.70. The highest BCUT2D eigenvalue weighted by molar-refractivity contribution is 5.85. The maximum Gasteiger partial charge on any atom is 0.329 e. The van der Waals surface area contributed by atoms with Gasteiger partial charge in [-0.3, -0.25) is 4.79 Å². The largest absolute Gasteiger partial charge is 0.479 e. The predicted molar refractivity (Wildman–Crippen MR) is 40.5 cm³/mol. The highest BCUT2D eigenvalue weighted by atomic mass is 16.4. The highest BCUT2D eigenvalue weighted by Crippen LogP contribution is 2.46. The molecule has 0 aromatic heterocycles. The van der Waals surface area contributed by atoms with E-state index in [4.69, 9.17) is 5.11 Å². The summed E-state index contributed by atoms with van der Waals surface area (Å²) in [4.78, 5) is 23.0. The maximum atomic E-state index is 10.8. The normalized spacial score (nSPS) is 24.7. The van der Waals surface area contributed by atoms with Crippen molar-refractivity contribution in [3.8, 4) is 0 Å². The summed E-state index contributed by atoms with van der Waals surface area (Å²) in [6.45, 7) is 0. The van der Waals surface area contributed by atoms with Crippen molar-refractivity contribution >= 4 is 12.4 Å². The van der Waals surface area contributed by atoms with Crippen LogP contribution in [0.3, 0.4) is 0 Å². The Morgan fingerprint density at radius 2 is 2.08 bits per heavy atom. The summed E-state index contributed by atoms with van der Waals surface area (Å²) < 4.78 is 0. The molecule has 0 aliphatic heterocycles. The molecule has 4 nitrogen and oxygen atoms in total. The molecule has 0 heterocycles. The minimum absolute atomic E-state index is 0.209. The molecule has 2 aliphatic carbocycles. The van der Waals surface area contributed by atoms with Gasteiger partial charge in [0.2, 0.25) is 6.41 Å². The molecule has 4 heteroatoms. The molecular weight excluding hydrogens is 158 g/mol. The van der Waals surface area contributed by atoms with Crippen LogP contribution in [0.25, 0.3) is 0 Å². The number of carbonyl (C=O) groups is 2. The van der Waals surface area contributed by atoms with Crippen LogP contribution in [-0.2, 0) is 9.59 Å². The van der Waals surface area contributed by atoms with Gasteiger partial charge in [-0.25, -0.2) is 4.79 Å². The van der Waals surface area contributed by atoms with Crippen LogP contribution in [0, 0.1) is 0 Å². The Balaban J connectivity index is 2.14. The summed E-state index contributed by atoms with van der Waals surface area (Å²) in [5.41, 5.74) is -0.817. The zero-order valence-corrected chi connectivity index (χ0v) is 6.69. The van der Waals surface area contributed by atoms with Gasteiger partial charge in [-0.2, -0.15) is 0 Å². The predicted octanol–water partition coefficient (Wildman–Crippen LogP) is 0.224. The van der Waals surface area contributed by atoms with Gasteiger partial charge >= 0.3 is 5.97 Å². The molecule has 2 aliphatic rings. The molecule has 0 bridgehead atoms. The van der Waals surface area contributed by atoms with Gasteiger partial charge in [0.05, 0.1) is 0 Å². The third-order valence-electron chi connectivity index (χ3n) is 2.67. The van der Waals surface area contributed by atoms with Crippen molar-refractivity contribution in [1.82, 2.24) is 4.90 Å². The average Bonchev–Trinajstić information content (AvgIpc) is 2.82. The number of hydrogen-bond acceptors (Lipinski definition) is 2. The van der Waals surface area contributed by atoms with Crippen molar-refractivity contribution in [2.45, 2.75) is 37.3 Å². The number of nitrogens with zero attached hydrogens (tertiary/aromatic N) is 1. The summed E-state index contributed by atoms with van der Waals surface area (Å²) in [5, 5.41) is 8.88. The van der Waals surface area contributed by atoms with E-state index >= 15 is 0 Å². The Morgan fingerprint density at radius 3 is 2.33 bits per heavy atom. The Labute approximate surface area is 70.2 Å². The minimum Gasteiger partial charge on any atom is -0.479 e. The summed E-state index contributed by atoms with van der Waals surface area (Å²) >= 11 is 0. The minimum atomic E-state index is -0.846. The molecule has 2 fully saturated rings. The maximum absolute atomic E-state index is 10.8. The van der Waals surface area contributed by atoms with Crippen LogP contribution in [0.15, 0.2) is 0 Å². The van der Waals surface area contributed by atoms with Crippen molar-refractivity contribution < 1.29 is 14.7 Å². The smallest absolute Gasteiger partial charge is 0.329 e. The van der Waals surface area contributed by atoms with E-state index in [-0.39, 0.29) is 6.04 Å². The van der Waals surface area contributed by atoms with Crippen molar-refractivity contribution in [2.75, 3.05) is 0 Å². The van der Waals surface area contributed by atoms with Crippen molar-refractivity contribution in [3.05, 3.63) is 0 Å². The van der Waals surface area contributed by atoms with Crippen LogP contribution in [0.5, 0.6) is 0 Å². The molecule has 0 radical (unpaired) electrons. The molecule has 2 rings (SSSR count). The van der Waals surface area contributed by atoms with Crippen LogP contribution in [0.2, 0.25) is 0 Å². The Bertz CT molecular complexity index is 230. The fourth-order valence-corrected chi connectivity index (χ4v) is 1.59. The van der Waals surface area contributed by atoms with Crippen molar-refractivity contribution in [2.24, 2.45) is 0 Å². The SMILES string of the molecule is O=CN(C1CC1)C1(C(=O)O)CC1. The van der Waals surface area contributed by atoms with E-state index in [1.54, 1.807) is 0 Å². The van der Waals surface area contributed by atoms with Crippen LogP contribution in [-0.4, -0.2) is 34.0 Å². The van der Waals surface area contributed by atoms with Gasteiger partial charge in [-0.1, -0.05) is 0 Å². The summed E-state index contributed by atoms with van der Waals surface area (Å²) in [6, 6.07) is 0.209. The molecule has 66 valence electrons. The Kier molecular flexibility index (Phi) is 1.40. The highest BCUT2D eigenvalue weighted by Gasteiger charge is 2.58. The number of carboxylic acids is 1. The van der Waals surface area contributed by atoms with E-state index < -0.39 is 11.5 Å². The quantitative estimate of drug-likeness (QED) is 0.612. The number of rotatable bonds is 4. The van der Waals surface area contributed by atoms with Gasteiger partial charge in [0.25, 0.3) is 0 Å². The Hall–Kier alpha value is -1.06. The van der Waals surface area contributed by atoms with E-state index in [0.29, 0.717) is 19.3 Å². The lowest BCUT2D eigenvalue weighted by Crippen LogP contribution is -2.44. The number of hydrogen-bond donors (Lipinski definition) is 1. The standard InChI is InChI=1S/C8H11NO3/c10-5-9(6-1-2-6)8(3-4-8)7(11)12/h5-6H,1-4H2,(H,11,12). The molecular formula is C8H11NO3. The van der Waals surface area contributed by atoms with Gasteiger partial charge in [0.1, 0.15) is 5.54 Å². The zero-order valence-electron chi connectivity index (χ0n) is 6.69. The first-order valence-corrected chi connectivity index (χ1v) is 4.18. The van der Waals surface area contributed by atoms with Gasteiger partial charge < -0.3 is 10.0 Å². The number of carboxylic acid groups (broad SMARTS) is 1. The topological polar surface area (TPSA) is 57.6 Å². The summed E-state index contributed by atoms with van der Waals surface area (Å²) in [7, 11) is 0. The van der Waals surface area contributed by atoms with Gasteiger partial charge in [-0.05, 0) is 25.7 Å². The monoisotopic (exact) mass is 169 g/mol. The second-order valence-electron chi connectivity index (χ2n) is 3.58. The van der Waals surface area contributed by atoms with E-state index in [9.17, 15) is 9.59 Å². The zero-order chi connectivity index (χ0) is 8.77. The van der Waals surface area contributed by atoms with Crippen LogP contribution < -0.4 is 0 Å². The van der Waals surface area contributed by atoms with E-state index in [1.807, 2.05) is 0 Å². The number of carbonyl (C=O) groups excluding carboxylic acids is 1. The molecule has 1 N–H and O–H groups in total. The molecule has 0 atom stereocenters. The molecule has 0 aromatic carbocycles. The summed E-state index contributed by atoms with van der Waals surface area (Å²) in [5.74, 6) is -0.846. The fourth-order valence-electron chi connectivity index (χ4n) is 1.59. The Morgan fingerprint density at radius 1 is 1.50 bits per heavy atom. The van der Waals surface area contributed by atoms with E-state index in [0.717, 1.165) is 12.8 Å². The van der Waals surface area contributed by atoms with Gasteiger partial charge in [0, 0.05) is 6.04 Å². The second kappa shape index (κ2) is 2.21. The lowest BCUT2D eigenvalue weighted by molar-refractivity contribution is -0.148. The average molecular weight is 169 g/mol. The van der Waals surface area contributed by atoms with Gasteiger partial charge in [-0.15, -0.1) is 0 Å². The van der Waals surface area contributed by atoms with Gasteiger partial charge in [0.15, 0.2) is 0 Å². The third kappa shape index (κ3) is 0.906. The number of aliphatic carboxylic acids is 1. The molecule has 0 unspecified atom stereocenters.